The van der Waals surface area contributed by atoms with Crippen LogP contribution in [-0.2, 0) is 5.41 Å². The Kier molecular flexibility index (Phi) is 0.891. The van der Waals surface area contributed by atoms with Crippen molar-refractivity contribution in [3.05, 3.63) is 35.9 Å². The second-order valence-corrected chi connectivity index (χ2v) is 7.00. The lowest BCUT2D eigenvalue weighted by Gasteiger charge is -2.73. The smallest absolute Gasteiger partial charge is 0.00517 e. The van der Waals surface area contributed by atoms with Gasteiger partial charge >= 0.3 is 0 Å². The van der Waals surface area contributed by atoms with E-state index in [1.165, 1.54) is 17.8 Å². The first-order valence-electron chi connectivity index (χ1n) is 6.99. The lowest BCUT2D eigenvalue weighted by atomic mass is 9.30. The molecular weight excluding hydrogens is 192 g/mol. The lowest BCUT2D eigenvalue weighted by molar-refractivity contribution is -0.202. The molecule has 0 aliphatic heterocycles. The molecule has 1 aromatic carbocycles. The average Bonchev–Trinajstić information content (AvgIpc) is 2.83. The van der Waals surface area contributed by atoms with Crippen molar-refractivity contribution in [2.45, 2.75) is 18.3 Å². The van der Waals surface area contributed by atoms with Crippen molar-refractivity contribution >= 4 is 0 Å². The number of hydrogen-bond acceptors (Lipinski definition) is 0. The van der Waals surface area contributed by atoms with Crippen LogP contribution in [-0.4, -0.2) is 0 Å². The zero-order chi connectivity index (χ0) is 10.1. The van der Waals surface area contributed by atoms with Crippen LogP contribution < -0.4 is 0 Å². The van der Waals surface area contributed by atoms with Gasteiger partial charge in [-0.05, 0) is 59.8 Å². The standard InChI is InChI=1S/C16H16/c1-2-4-8(5-3-1)16-12-7-10-9-6-11(14(10)16)15(16)13(9)12/h1-5,9-15H,6-7H2. The van der Waals surface area contributed by atoms with E-state index in [-0.39, 0.29) is 0 Å². The second kappa shape index (κ2) is 1.89. The zero-order valence-corrected chi connectivity index (χ0v) is 9.34. The molecule has 0 heterocycles. The van der Waals surface area contributed by atoms with Gasteiger partial charge in [0.1, 0.15) is 0 Å². The molecule has 0 aromatic heterocycles. The molecule has 8 unspecified atom stereocenters. The first kappa shape index (κ1) is 7.53. The Balaban J connectivity index is 1.63. The van der Waals surface area contributed by atoms with Crippen LogP contribution in [0.1, 0.15) is 18.4 Å². The SMILES string of the molecule is c1ccc(C23C4CC5C6CC(C52)C3C64)cc1. The molecule has 6 saturated carbocycles. The molecule has 0 spiro atoms. The molecule has 6 fully saturated rings. The third kappa shape index (κ3) is 0.437. The summed E-state index contributed by atoms with van der Waals surface area (Å²) >= 11 is 0. The van der Waals surface area contributed by atoms with Gasteiger partial charge in [-0.2, -0.15) is 0 Å². The van der Waals surface area contributed by atoms with E-state index in [4.69, 9.17) is 0 Å². The van der Waals surface area contributed by atoms with Crippen LogP contribution in [0.25, 0.3) is 0 Å². The summed E-state index contributed by atoms with van der Waals surface area (Å²) in [5.74, 6) is 8.06. The molecule has 6 aliphatic rings. The molecular formula is C16H16. The van der Waals surface area contributed by atoms with Crippen molar-refractivity contribution < 1.29 is 0 Å². The third-order valence-electron chi connectivity index (χ3n) is 7.37. The maximum Gasteiger partial charge on any atom is 0.00517 e. The molecule has 0 amide bonds. The highest BCUT2D eigenvalue weighted by atomic mass is 14.9. The Bertz CT molecular complexity index is 494. The molecule has 4 bridgehead atoms. The van der Waals surface area contributed by atoms with Gasteiger partial charge in [-0.25, -0.2) is 0 Å². The van der Waals surface area contributed by atoms with Crippen LogP contribution in [0, 0.1) is 41.4 Å². The summed E-state index contributed by atoms with van der Waals surface area (Å²) in [4.78, 5) is 0. The molecule has 0 saturated heterocycles. The van der Waals surface area contributed by atoms with Crippen LogP contribution in [0.2, 0.25) is 0 Å². The number of rotatable bonds is 1. The van der Waals surface area contributed by atoms with Gasteiger partial charge in [0.05, 0.1) is 0 Å². The monoisotopic (exact) mass is 208 g/mol. The van der Waals surface area contributed by atoms with Gasteiger partial charge < -0.3 is 0 Å². The van der Waals surface area contributed by atoms with E-state index in [2.05, 4.69) is 30.3 Å². The molecule has 8 atom stereocenters. The van der Waals surface area contributed by atoms with Crippen LogP contribution in [0.3, 0.4) is 0 Å². The maximum atomic E-state index is 2.42. The quantitative estimate of drug-likeness (QED) is 0.665. The molecule has 1 aromatic rings. The topological polar surface area (TPSA) is 0 Å². The van der Waals surface area contributed by atoms with E-state index >= 15 is 0 Å². The van der Waals surface area contributed by atoms with Crippen molar-refractivity contribution in [2.75, 3.05) is 0 Å². The zero-order valence-electron chi connectivity index (χ0n) is 9.34. The van der Waals surface area contributed by atoms with E-state index < -0.39 is 0 Å². The Hall–Kier alpha value is -0.780. The molecule has 80 valence electrons. The summed E-state index contributed by atoms with van der Waals surface area (Å²) in [6, 6.07) is 11.5. The molecule has 0 nitrogen and oxygen atoms in total. The Morgan fingerprint density at radius 2 is 1.75 bits per heavy atom. The van der Waals surface area contributed by atoms with Crippen LogP contribution in [0.4, 0.5) is 0 Å². The van der Waals surface area contributed by atoms with Gasteiger partial charge in [0.15, 0.2) is 0 Å². The Labute approximate surface area is 96.1 Å². The fourth-order valence-electron chi connectivity index (χ4n) is 7.60. The fraction of sp³-hybridized carbons (Fsp3) is 0.625. The predicted octanol–water partition coefficient (Wildman–Crippen LogP) is 3.09. The minimum Gasteiger partial charge on any atom is -0.0622 e. The van der Waals surface area contributed by atoms with Crippen LogP contribution >= 0.6 is 0 Å². The highest BCUT2D eigenvalue weighted by Gasteiger charge is 2.90. The first-order chi connectivity index (χ1) is 7.94. The molecule has 0 radical (unpaired) electrons. The van der Waals surface area contributed by atoms with E-state index in [0.29, 0.717) is 5.41 Å². The molecule has 16 heavy (non-hydrogen) atoms. The van der Waals surface area contributed by atoms with Crippen molar-refractivity contribution in [1.29, 1.82) is 0 Å². The summed E-state index contributed by atoms with van der Waals surface area (Å²) in [7, 11) is 0. The summed E-state index contributed by atoms with van der Waals surface area (Å²) in [5, 5.41) is 0. The van der Waals surface area contributed by atoms with Crippen LogP contribution in [0.15, 0.2) is 30.3 Å². The average molecular weight is 208 g/mol. The fourth-order valence-corrected chi connectivity index (χ4v) is 7.60. The normalized spacial score (nSPS) is 65.9. The van der Waals surface area contributed by atoms with Crippen molar-refractivity contribution in [1.82, 2.24) is 0 Å². The minimum absolute atomic E-state index is 0.717. The largest absolute Gasteiger partial charge is 0.0622 e. The maximum absolute atomic E-state index is 2.42. The lowest BCUT2D eigenvalue weighted by Crippen LogP contribution is -2.72. The molecule has 0 N–H and O–H groups in total. The summed E-state index contributed by atoms with van der Waals surface area (Å²) in [6.45, 7) is 0. The highest BCUT2D eigenvalue weighted by molar-refractivity contribution is 5.49. The van der Waals surface area contributed by atoms with Crippen molar-refractivity contribution in [3.63, 3.8) is 0 Å². The number of hydrogen-bond donors (Lipinski definition) is 0. The Morgan fingerprint density at radius 3 is 2.56 bits per heavy atom. The molecule has 0 heteroatoms. The second-order valence-electron chi connectivity index (χ2n) is 7.00. The highest BCUT2D eigenvalue weighted by Crippen LogP contribution is 2.93. The predicted molar refractivity (Wildman–Crippen MR) is 61.8 cm³/mol. The van der Waals surface area contributed by atoms with Gasteiger partial charge in [0.2, 0.25) is 0 Å². The molecule has 6 aliphatic carbocycles. The van der Waals surface area contributed by atoms with E-state index in [0.717, 1.165) is 23.7 Å². The minimum atomic E-state index is 0.717. The van der Waals surface area contributed by atoms with Crippen LogP contribution in [0.5, 0.6) is 0 Å². The van der Waals surface area contributed by atoms with E-state index in [1.54, 1.807) is 18.4 Å². The van der Waals surface area contributed by atoms with Gasteiger partial charge in [-0.1, -0.05) is 30.3 Å². The van der Waals surface area contributed by atoms with Gasteiger partial charge in [0, 0.05) is 5.41 Å². The number of benzene rings is 1. The van der Waals surface area contributed by atoms with E-state index in [9.17, 15) is 0 Å². The third-order valence-corrected chi connectivity index (χ3v) is 7.37. The molecule has 7 rings (SSSR count). The van der Waals surface area contributed by atoms with E-state index in [1.807, 2.05) is 0 Å². The van der Waals surface area contributed by atoms with Gasteiger partial charge in [0.25, 0.3) is 0 Å². The first-order valence-corrected chi connectivity index (χ1v) is 6.99. The summed E-state index contributed by atoms with van der Waals surface area (Å²) < 4.78 is 0. The van der Waals surface area contributed by atoms with Crippen molar-refractivity contribution in [2.24, 2.45) is 41.4 Å². The summed E-state index contributed by atoms with van der Waals surface area (Å²) in [6.07, 6.45) is 3.22. The van der Waals surface area contributed by atoms with Gasteiger partial charge in [-0.3, -0.25) is 0 Å². The Morgan fingerprint density at radius 1 is 0.875 bits per heavy atom. The van der Waals surface area contributed by atoms with Gasteiger partial charge in [-0.15, -0.1) is 0 Å². The van der Waals surface area contributed by atoms with Crippen molar-refractivity contribution in [3.8, 4) is 0 Å². The summed E-state index contributed by atoms with van der Waals surface area (Å²) in [5.41, 5.74) is 2.43.